The SMILES string of the molecule is CC(=O)c1cccc(OCC(=O)Nc2nc3c(s2)CCC3)c1. The van der Waals surface area contributed by atoms with Crippen LogP contribution in [0.2, 0.25) is 0 Å². The number of carbonyl (C=O) groups is 2. The fourth-order valence-electron chi connectivity index (χ4n) is 2.35. The van der Waals surface area contributed by atoms with Crippen molar-refractivity contribution in [2.45, 2.75) is 26.2 Å². The van der Waals surface area contributed by atoms with Crippen LogP contribution in [0.5, 0.6) is 5.75 Å². The van der Waals surface area contributed by atoms with Gasteiger partial charge in [0.25, 0.3) is 5.91 Å². The fourth-order valence-corrected chi connectivity index (χ4v) is 3.42. The average Bonchev–Trinajstić information content (AvgIpc) is 3.06. The maximum atomic E-state index is 11.9. The number of nitrogens with zero attached hydrogens (tertiary/aromatic N) is 1. The molecule has 0 radical (unpaired) electrons. The number of nitrogens with one attached hydrogen (secondary N) is 1. The molecule has 0 spiro atoms. The van der Waals surface area contributed by atoms with Crippen molar-refractivity contribution in [3.05, 3.63) is 40.4 Å². The minimum absolute atomic E-state index is 0.0350. The summed E-state index contributed by atoms with van der Waals surface area (Å²) < 4.78 is 5.42. The number of fused-ring (bicyclic) bond motifs is 1. The van der Waals surface area contributed by atoms with Crippen LogP contribution < -0.4 is 10.1 Å². The summed E-state index contributed by atoms with van der Waals surface area (Å²) >= 11 is 1.54. The van der Waals surface area contributed by atoms with Crippen LogP contribution in [-0.4, -0.2) is 23.3 Å². The van der Waals surface area contributed by atoms with Gasteiger partial charge in [-0.3, -0.25) is 14.9 Å². The summed E-state index contributed by atoms with van der Waals surface area (Å²) in [5.74, 6) is 0.220. The monoisotopic (exact) mass is 316 g/mol. The molecule has 0 unspecified atom stereocenters. The molecule has 1 aliphatic carbocycles. The molecule has 0 bridgehead atoms. The quantitative estimate of drug-likeness (QED) is 0.861. The number of Topliss-reactive ketones (excluding diaryl/α,β-unsaturated/α-hetero) is 1. The molecule has 1 aliphatic rings. The van der Waals surface area contributed by atoms with Crippen LogP contribution in [0.1, 0.15) is 34.3 Å². The van der Waals surface area contributed by atoms with Gasteiger partial charge in [0.1, 0.15) is 5.75 Å². The zero-order valence-corrected chi connectivity index (χ0v) is 13.0. The molecule has 0 saturated heterocycles. The van der Waals surface area contributed by atoms with Crippen molar-refractivity contribution in [2.24, 2.45) is 0 Å². The van der Waals surface area contributed by atoms with E-state index in [0.717, 1.165) is 25.0 Å². The van der Waals surface area contributed by atoms with E-state index in [0.29, 0.717) is 16.4 Å². The van der Waals surface area contributed by atoms with E-state index in [2.05, 4.69) is 10.3 Å². The Hall–Kier alpha value is -2.21. The second-order valence-electron chi connectivity index (χ2n) is 5.16. The van der Waals surface area contributed by atoms with Crippen LogP contribution in [0.3, 0.4) is 0 Å². The number of rotatable bonds is 5. The molecular formula is C16H16N2O3S. The van der Waals surface area contributed by atoms with Gasteiger partial charge in [-0.05, 0) is 38.3 Å². The normalized spacial score (nSPS) is 12.8. The number of thiazole rings is 1. The highest BCUT2D eigenvalue weighted by molar-refractivity contribution is 7.15. The third-order valence-electron chi connectivity index (χ3n) is 3.45. The van der Waals surface area contributed by atoms with Gasteiger partial charge in [-0.2, -0.15) is 0 Å². The Labute approximate surface area is 132 Å². The molecule has 22 heavy (non-hydrogen) atoms. The van der Waals surface area contributed by atoms with E-state index in [1.165, 1.54) is 23.1 Å². The van der Waals surface area contributed by atoms with Crippen molar-refractivity contribution < 1.29 is 14.3 Å². The first kappa shape index (κ1) is 14.7. The molecule has 1 N–H and O–H groups in total. The zero-order chi connectivity index (χ0) is 15.5. The number of hydrogen-bond donors (Lipinski definition) is 1. The van der Waals surface area contributed by atoms with Gasteiger partial charge in [0.2, 0.25) is 0 Å². The highest BCUT2D eigenvalue weighted by Crippen LogP contribution is 2.30. The first-order valence-corrected chi connectivity index (χ1v) is 7.96. The number of aryl methyl sites for hydroxylation is 2. The Morgan fingerprint density at radius 3 is 3.00 bits per heavy atom. The second-order valence-corrected chi connectivity index (χ2v) is 6.25. The Morgan fingerprint density at radius 1 is 1.36 bits per heavy atom. The van der Waals surface area contributed by atoms with Crippen LogP contribution >= 0.6 is 11.3 Å². The number of amides is 1. The lowest BCUT2D eigenvalue weighted by molar-refractivity contribution is -0.118. The maximum absolute atomic E-state index is 11.9. The molecule has 114 valence electrons. The molecule has 5 nitrogen and oxygen atoms in total. The Kier molecular flexibility index (Phi) is 4.20. The number of hydrogen-bond acceptors (Lipinski definition) is 5. The minimum atomic E-state index is -0.249. The van der Waals surface area contributed by atoms with E-state index in [1.807, 2.05) is 0 Å². The Bertz CT molecular complexity index is 702. The summed E-state index contributed by atoms with van der Waals surface area (Å²) in [7, 11) is 0. The second kappa shape index (κ2) is 6.27. The molecule has 6 heteroatoms. The summed E-state index contributed by atoms with van der Waals surface area (Å²) in [5.41, 5.74) is 1.67. The first-order valence-electron chi connectivity index (χ1n) is 7.14. The lowest BCUT2D eigenvalue weighted by atomic mass is 10.1. The summed E-state index contributed by atoms with van der Waals surface area (Å²) in [4.78, 5) is 28.9. The minimum Gasteiger partial charge on any atom is -0.484 e. The lowest BCUT2D eigenvalue weighted by Crippen LogP contribution is -2.20. The predicted octanol–water partition coefficient (Wildman–Crippen LogP) is 2.85. The summed E-state index contributed by atoms with van der Waals surface area (Å²) in [6.45, 7) is 1.39. The van der Waals surface area contributed by atoms with E-state index in [1.54, 1.807) is 24.3 Å². The summed E-state index contributed by atoms with van der Waals surface area (Å²) in [6, 6.07) is 6.80. The van der Waals surface area contributed by atoms with E-state index in [9.17, 15) is 9.59 Å². The van der Waals surface area contributed by atoms with E-state index >= 15 is 0 Å². The number of ether oxygens (including phenoxy) is 1. The van der Waals surface area contributed by atoms with Gasteiger partial charge in [-0.1, -0.05) is 12.1 Å². The molecule has 1 heterocycles. The summed E-state index contributed by atoms with van der Waals surface area (Å²) in [6.07, 6.45) is 3.20. The smallest absolute Gasteiger partial charge is 0.264 e. The average molecular weight is 316 g/mol. The topological polar surface area (TPSA) is 68.3 Å². The molecular weight excluding hydrogens is 300 g/mol. The fraction of sp³-hybridized carbons (Fsp3) is 0.312. The highest BCUT2D eigenvalue weighted by Gasteiger charge is 2.17. The lowest BCUT2D eigenvalue weighted by Gasteiger charge is -2.06. The standard InChI is InChI=1S/C16H16N2O3S/c1-10(19)11-4-2-5-12(8-11)21-9-15(20)18-16-17-13-6-3-7-14(13)22-16/h2,4-5,8H,3,6-7,9H2,1H3,(H,17,18,20). The van der Waals surface area contributed by atoms with Crippen LogP contribution in [-0.2, 0) is 17.6 Å². The van der Waals surface area contributed by atoms with Crippen molar-refractivity contribution in [2.75, 3.05) is 11.9 Å². The molecule has 0 aliphatic heterocycles. The van der Waals surface area contributed by atoms with Gasteiger partial charge in [0.05, 0.1) is 5.69 Å². The molecule has 1 aromatic carbocycles. The molecule has 0 atom stereocenters. The molecule has 1 amide bonds. The molecule has 1 aromatic heterocycles. The van der Waals surface area contributed by atoms with Crippen molar-refractivity contribution >= 4 is 28.2 Å². The van der Waals surface area contributed by atoms with Crippen molar-refractivity contribution in [1.29, 1.82) is 0 Å². The van der Waals surface area contributed by atoms with Crippen LogP contribution in [0, 0.1) is 0 Å². The van der Waals surface area contributed by atoms with E-state index < -0.39 is 0 Å². The predicted molar refractivity (Wildman–Crippen MR) is 84.7 cm³/mol. The van der Waals surface area contributed by atoms with Gasteiger partial charge in [-0.25, -0.2) is 4.98 Å². The molecule has 0 saturated carbocycles. The number of benzene rings is 1. The van der Waals surface area contributed by atoms with E-state index in [-0.39, 0.29) is 18.3 Å². The zero-order valence-electron chi connectivity index (χ0n) is 12.2. The highest BCUT2D eigenvalue weighted by atomic mass is 32.1. The van der Waals surface area contributed by atoms with Gasteiger partial charge >= 0.3 is 0 Å². The largest absolute Gasteiger partial charge is 0.484 e. The number of ketones is 1. The number of anilines is 1. The van der Waals surface area contributed by atoms with Gasteiger partial charge in [0, 0.05) is 10.4 Å². The Morgan fingerprint density at radius 2 is 2.23 bits per heavy atom. The number of carbonyl (C=O) groups excluding carboxylic acids is 2. The molecule has 2 aromatic rings. The van der Waals surface area contributed by atoms with Crippen molar-refractivity contribution in [3.63, 3.8) is 0 Å². The van der Waals surface area contributed by atoms with Crippen LogP contribution in [0.25, 0.3) is 0 Å². The number of aromatic nitrogens is 1. The van der Waals surface area contributed by atoms with Gasteiger partial charge < -0.3 is 4.74 Å². The van der Waals surface area contributed by atoms with E-state index in [4.69, 9.17) is 4.74 Å². The maximum Gasteiger partial charge on any atom is 0.264 e. The summed E-state index contributed by atoms with van der Waals surface area (Å²) in [5, 5.41) is 3.39. The Balaban J connectivity index is 1.55. The third kappa shape index (κ3) is 3.33. The molecule has 3 rings (SSSR count). The first-order chi connectivity index (χ1) is 10.6. The van der Waals surface area contributed by atoms with Crippen molar-refractivity contribution in [3.8, 4) is 5.75 Å². The van der Waals surface area contributed by atoms with Crippen molar-refractivity contribution in [1.82, 2.24) is 4.98 Å². The third-order valence-corrected chi connectivity index (χ3v) is 4.53. The molecule has 0 fully saturated rings. The van der Waals surface area contributed by atoms with Gasteiger partial charge in [-0.15, -0.1) is 11.3 Å². The van der Waals surface area contributed by atoms with Crippen LogP contribution in [0.4, 0.5) is 5.13 Å². The van der Waals surface area contributed by atoms with Gasteiger partial charge in [0.15, 0.2) is 17.5 Å². The van der Waals surface area contributed by atoms with Crippen LogP contribution in [0.15, 0.2) is 24.3 Å².